The quantitative estimate of drug-likeness (QED) is 0.129. The van der Waals surface area contributed by atoms with Gasteiger partial charge in [0, 0.05) is 41.1 Å². The smallest absolute Gasteiger partial charge is 0.413 e. The molecular weight excluding hydrogens is 725 g/mol. The topological polar surface area (TPSA) is 126 Å². The number of alkyl carbamates (subject to hydrolysis) is 1. The van der Waals surface area contributed by atoms with Gasteiger partial charge in [-0.15, -0.1) is 0 Å². The first-order chi connectivity index (χ1) is 24.7. The van der Waals surface area contributed by atoms with Crippen molar-refractivity contribution in [1.29, 1.82) is 0 Å². The van der Waals surface area contributed by atoms with Crippen molar-refractivity contribution in [1.82, 2.24) is 10.2 Å². The molecule has 16 heteroatoms. The highest BCUT2D eigenvalue weighted by atomic mass is 32.2. The van der Waals surface area contributed by atoms with Crippen LogP contribution in [-0.4, -0.2) is 81.0 Å². The Balaban J connectivity index is 1.63. The van der Waals surface area contributed by atoms with E-state index in [0.29, 0.717) is 5.56 Å². The van der Waals surface area contributed by atoms with Gasteiger partial charge in [-0.05, 0) is 75.2 Å². The number of likely N-dealkylation sites (tertiary alicyclic amines) is 1. The van der Waals surface area contributed by atoms with E-state index in [1.54, 1.807) is 6.92 Å². The van der Waals surface area contributed by atoms with Crippen LogP contribution in [0.15, 0.2) is 65.1 Å². The number of Topliss-reactive ketones (excluding diaryl/α,β-unsaturated/α-hetero) is 1. The number of hydrogen-bond acceptors (Lipinski definition) is 7. The third kappa shape index (κ3) is 8.16. The fourth-order valence-electron chi connectivity index (χ4n) is 6.26. The molecular formula is C37H38F5N3O7S. The maximum Gasteiger partial charge on any atom is 0.413 e. The molecule has 1 atom stereocenters. The number of ketones is 1. The number of amides is 2. The number of sulfonamides is 1. The summed E-state index contributed by atoms with van der Waals surface area (Å²) in [6, 6.07) is 13.7. The number of rotatable bonds is 10. The molecule has 0 bridgehead atoms. The minimum absolute atomic E-state index is 0.0409. The molecule has 1 saturated heterocycles. The van der Waals surface area contributed by atoms with Gasteiger partial charge in [0.15, 0.2) is 11.3 Å². The van der Waals surface area contributed by atoms with Gasteiger partial charge in [-0.2, -0.15) is 13.2 Å². The van der Waals surface area contributed by atoms with Gasteiger partial charge in [0.05, 0.1) is 30.6 Å². The maximum absolute atomic E-state index is 14.4. The van der Waals surface area contributed by atoms with Crippen LogP contribution in [0.5, 0.6) is 0 Å². The Hall–Kier alpha value is -4.99. The number of carbonyl (C=O) groups excluding carboxylic acids is 3. The van der Waals surface area contributed by atoms with E-state index in [2.05, 4.69) is 0 Å². The highest BCUT2D eigenvalue weighted by Gasteiger charge is 2.60. The predicted octanol–water partition coefficient (Wildman–Crippen LogP) is 7.91. The van der Waals surface area contributed by atoms with Crippen molar-refractivity contribution in [2.75, 3.05) is 36.9 Å². The lowest BCUT2D eigenvalue weighted by Gasteiger charge is -2.33. The van der Waals surface area contributed by atoms with Gasteiger partial charge < -0.3 is 19.4 Å². The minimum atomic E-state index is -4.94. The summed E-state index contributed by atoms with van der Waals surface area (Å²) in [4.78, 5) is 40.6. The summed E-state index contributed by atoms with van der Waals surface area (Å²) >= 11 is 0. The summed E-state index contributed by atoms with van der Waals surface area (Å²) in [5, 5.41) is 2.19. The Labute approximate surface area is 302 Å². The Morgan fingerprint density at radius 3 is 2.28 bits per heavy atom. The minimum Gasteiger partial charge on any atom is -0.455 e. The molecule has 1 fully saturated rings. The molecule has 1 aromatic heterocycles. The molecule has 1 N–H and O–H groups in total. The number of carbonyl (C=O) groups is 3. The van der Waals surface area contributed by atoms with Gasteiger partial charge in [-0.25, -0.2) is 22.0 Å². The van der Waals surface area contributed by atoms with Gasteiger partial charge in [-0.3, -0.25) is 13.9 Å². The second kappa shape index (κ2) is 14.4. The zero-order chi connectivity index (χ0) is 39.1. The molecule has 284 valence electrons. The fourth-order valence-corrected chi connectivity index (χ4v) is 7.17. The largest absolute Gasteiger partial charge is 0.455 e. The summed E-state index contributed by atoms with van der Waals surface area (Å²) in [7, 11) is -4.13. The molecule has 53 heavy (non-hydrogen) atoms. The van der Waals surface area contributed by atoms with Crippen LogP contribution in [0.4, 0.5) is 32.4 Å². The zero-order valence-electron chi connectivity index (χ0n) is 29.6. The van der Waals surface area contributed by atoms with Gasteiger partial charge in [0.25, 0.3) is 5.91 Å². The number of fused-ring (bicyclic) bond motifs is 1. The molecule has 3 aromatic carbocycles. The fraction of sp³-hybridized carbons (Fsp3) is 0.378. The highest BCUT2D eigenvalue weighted by molar-refractivity contribution is 7.92. The van der Waals surface area contributed by atoms with Gasteiger partial charge >= 0.3 is 12.3 Å². The van der Waals surface area contributed by atoms with E-state index in [-0.39, 0.29) is 63.4 Å². The number of alkyl halides is 4. The second-order valence-electron chi connectivity index (χ2n) is 13.7. The molecule has 2 heterocycles. The van der Waals surface area contributed by atoms with Crippen molar-refractivity contribution in [3.8, 4) is 22.5 Å². The predicted molar refractivity (Wildman–Crippen MR) is 189 cm³/mol. The van der Waals surface area contributed by atoms with E-state index in [9.17, 15) is 44.8 Å². The molecule has 0 saturated carbocycles. The normalized spacial score (nSPS) is 16.5. The molecule has 1 aliphatic rings. The first-order valence-electron chi connectivity index (χ1n) is 16.6. The molecule has 0 radical (unpaired) electrons. The summed E-state index contributed by atoms with van der Waals surface area (Å²) in [6.45, 7) is 3.19. The SMILES string of the molecule is CCC(=O)c1c(-c2ccc(F)cc2)oc2cc(N(CCF)S(C)(=O)=O)c(-c3cccc(C(=O)N4CCC(NC(=O)OC(C)(C)C)(C(F)(F)F)C4)c3)cc12. The van der Waals surface area contributed by atoms with E-state index in [0.717, 1.165) is 15.5 Å². The van der Waals surface area contributed by atoms with Gasteiger partial charge in [0.1, 0.15) is 29.4 Å². The molecule has 1 aliphatic heterocycles. The lowest BCUT2D eigenvalue weighted by molar-refractivity contribution is -0.190. The Kier molecular flexibility index (Phi) is 10.7. The number of furan rings is 1. The molecule has 4 aromatic rings. The van der Waals surface area contributed by atoms with Crippen molar-refractivity contribution >= 4 is 44.5 Å². The van der Waals surface area contributed by atoms with Gasteiger partial charge in [0.2, 0.25) is 10.0 Å². The Morgan fingerprint density at radius 1 is 1.02 bits per heavy atom. The first-order valence-corrected chi connectivity index (χ1v) is 18.4. The summed E-state index contributed by atoms with van der Waals surface area (Å²) in [5.74, 6) is -1.59. The lowest BCUT2D eigenvalue weighted by atomic mass is 9.95. The summed E-state index contributed by atoms with van der Waals surface area (Å²) in [6.07, 6.45) is -5.96. The second-order valence-corrected chi connectivity index (χ2v) is 15.7. The van der Waals surface area contributed by atoms with Crippen molar-refractivity contribution < 1.29 is 53.9 Å². The van der Waals surface area contributed by atoms with Crippen LogP contribution in [-0.2, 0) is 14.8 Å². The standard InChI is InChI=1S/C37H38F5N3O7S/c1-6-29(46)31-27-19-26(28(45(17-15-38)53(5,49)50)20-30(27)51-32(31)22-10-12-25(39)13-11-22)23-8-7-9-24(18-23)33(47)44-16-14-36(21-44,37(40,41)42)43-34(48)52-35(2,3)4/h7-13,18-20H,6,14-17,21H2,1-5H3,(H,43,48). The number of ether oxygens (including phenoxy) is 1. The van der Waals surface area contributed by atoms with Crippen LogP contribution in [0, 0.1) is 5.82 Å². The lowest BCUT2D eigenvalue weighted by Crippen LogP contribution is -2.61. The molecule has 5 rings (SSSR count). The van der Waals surface area contributed by atoms with Crippen LogP contribution >= 0.6 is 0 Å². The van der Waals surface area contributed by atoms with E-state index in [1.807, 2.05) is 5.32 Å². The Morgan fingerprint density at radius 2 is 1.70 bits per heavy atom. The molecule has 0 aliphatic carbocycles. The third-order valence-corrected chi connectivity index (χ3v) is 9.91. The van der Waals surface area contributed by atoms with Crippen molar-refractivity contribution in [3.05, 3.63) is 77.6 Å². The van der Waals surface area contributed by atoms with E-state index in [1.165, 1.54) is 81.4 Å². The Bertz CT molecular complexity index is 2160. The monoisotopic (exact) mass is 763 g/mol. The van der Waals surface area contributed by atoms with Crippen molar-refractivity contribution in [2.24, 2.45) is 0 Å². The molecule has 2 amide bonds. The van der Waals surface area contributed by atoms with Crippen LogP contribution in [0.3, 0.4) is 0 Å². The van der Waals surface area contributed by atoms with E-state index < -0.39 is 71.3 Å². The highest BCUT2D eigenvalue weighted by Crippen LogP contribution is 2.43. The number of anilines is 1. The number of nitrogens with zero attached hydrogens (tertiary/aromatic N) is 2. The van der Waals surface area contributed by atoms with Crippen LogP contribution in [0.25, 0.3) is 33.4 Å². The van der Waals surface area contributed by atoms with Gasteiger partial charge in [-0.1, -0.05) is 19.1 Å². The van der Waals surface area contributed by atoms with Crippen LogP contribution < -0.4 is 9.62 Å². The van der Waals surface area contributed by atoms with Crippen molar-refractivity contribution in [2.45, 2.75) is 57.9 Å². The van der Waals surface area contributed by atoms with Crippen molar-refractivity contribution in [3.63, 3.8) is 0 Å². The summed E-state index contributed by atoms with van der Waals surface area (Å²) < 4.78 is 109. The van der Waals surface area contributed by atoms with Crippen LogP contribution in [0.2, 0.25) is 0 Å². The third-order valence-electron chi connectivity index (χ3n) is 8.73. The van der Waals surface area contributed by atoms with E-state index in [4.69, 9.17) is 9.15 Å². The van der Waals surface area contributed by atoms with Crippen LogP contribution in [0.1, 0.15) is 61.3 Å². The maximum atomic E-state index is 14.4. The number of hydrogen-bond donors (Lipinski definition) is 1. The molecule has 10 nitrogen and oxygen atoms in total. The first kappa shape index (κ1) is 39.2. The average molecular weight is 764 g/mol. The van der Waals surface area contributed by atoms with E-state index >= 15 is 0 Å². The average Bonchev–Trinajstić information content (AvgIpc) is 3.67. The number of benzene rings is 3. The molecule has 1 unspecified atom stereocenters. The molecule has 0 spiro atoms. The number of nitrogens with one attached hydrogen (secondary N) is 1. The summed E-state index contributed by atoms with van der Waals surface area (Å²) in [5.41, 5.74) is -3.07. The number of halogens is 5. The zero-order valence-corrected chi connectivity index (χ0v) is 30.4.